The molecule has 1 aromatic carbocycles. The SMILES string of the molecule is CCCNc1ccc(Cl)c(COCc2ccccc2)n1. The number of hydrogen-bond donors (Lipinski definition) is 1. The molecular weight excluding hydrogens is 272 g/mol. The van der Waals surface area contributed by atoms with Crippen molar-refractivity contribution in [2.75, 3.05) is 11.9 Å². The van der Waals surface area contributed by atoms with Gasteiger partial charge in [0.2, 0.25) is 0 Å². The number of benzene rings is 1. The van der Waals surface area contributed by atoms with Crippen LogP contribution in [-0.2, 0) is 18.0 Å². The van der Waals surface area contributed by atoms with Crippen molar-refractivity contribution in [1.29, 1.82) is 0 Å². The van der Waals surface area contributed by atoms with Gasteiger partial charge in [0.05, 0.1) is 23.9 Å². The maximum absolute atomic E-state index is 6.14. The Balaban J connectivity index is 1.91. The fourth-order valence-electron chi connectivity index (χ4n) is 1.78. The smallest absolute Gasteiger partial charge is 0.126 e. The lowest BCUT2D eigenvalue weighted by molar-refractivity contribution is 0.105. The molecule has 1 heterocycles. The summed E-state index contributed by atoms with van der Waals surface area (Å²) in [4.78, 5) is 4.47. The van der Waals surface area contributed by atoms with Crippen molar-refractivity contribution >= 4 is 17.4 Å². The van der Waals surface area contributed by atoms with E-state index in [2.05, 4.69) is 17.2 Å². The van der Waals surface area contributed by atoms with Gasteiger partial charge in [0.25, 0.3) is 0 Å². The third kappa shape index (κ3) is 4.51. The molecule has 0 amide bonds. The van der Waals surface area contributed by atoms with Gasteiger partial charge in [0.15, 0.2) is 0 Å². The van der Waals surface area contributed by atoms with Crippen molar-refractivity contribution in [1.82, 2.24) is 4.98 Å². The summed E-state index contributed by atoms with van der Waals surface area (Å²) in [7, 11) is 0. The molecule has 4 heteroatoms. The summed E-state index contributed by atoms with van der Waals surface area (Å²) < 4.78 is 5.67. The number of nitrogens with one attached hydrogen (secondary N) is 1. The van der Waals surface area contributed by atoms with Gasteiger partial charge in [0.1, 0.15) is 5.82 Å². The second kappa shape index (κ2) is 7.88. The van der Waals surface area contributed by atoms with Gasteiger partial charge in [-0.2, -0.15) is 0 Å². The molecule has 0 saturated heterocycles. The molecule has 0 saturated carbocycles. The summed E-state index contributed by atoms with van der Waals surface area (Å²) in [6, 6.07) is 13.8. The van der Waals surface area contributed by atoms with Crippen LogP contribution in [0.5, 0.6) is 0 Å². The minimum absolute atomic E-state index is 0.412. The zero-order valence-electron chi connectivity index (χ0n) is 11.6. The van der Waals surface area contributed by atoms with E-state index in [0.717, 1.165) is 30.0 Å². The van der Waals surface area contributed by atoms with E-state index in [1.807, 2.05) is 42.5 Å². The average Bonchev–Trinajstić information content (AvgIpc) is 2.49. The van der Waals surface area contributed by atoms with Crippen LogP contribution >= 0.6 is 11.6 Å². The van der Waals surface area contributed by atoms with Crippen molar-refractivity contribution in [3.63, 3.8) is 0 Å². The fourth-order valence-corrected chi connectivity index (χ4v) is 1.94. The van der Waals surface area contributed by atoms with Crippen molar-refractivity contribution < 1.29 is 4.74 Å². The Labute approximate surface area is 124 Å². The highest BCUT2D eigenvalue weighted by molar-refractivity contribution is 6.31. The zero-order valence-corrected chi connectivity index (χ0v) is 12.4. The molecule has 0 aliphatic heterocycles. The second-order valence-electron chi connectivity index (χ2n) is 4.53. The lowest BCUT2D eigenvalue weighted by Gasteiger charge is -2.09. The van der Waals surface area contributed by atoms with Gasteiger partial charge < -0.3 is 10.1 Å². The number of rotatable bonds is 7. The van der Waals surface area contributed by atoms with E-state index >= 15 is 0 Å². The van der Waals surface area contributed by atoms with Crippen LogP contribution in [0.1, 0.15) is 24.6 Å². The predicted molar refractivity (Wildman–Crippen MR) is 83.0 cm³/mol. The topological polar surface area (TPSA) is 34.1 Å². The molecule has 0 aliphatic rings. The normalized spacial score (nSPS) is 10.5. The Kier molecular flexibility index (Phi) is 5.84. The molecule has 0 spiro atoms. The van der Waals surface area contributed by atoms with Crippen LogP contribution in [0.3, 0.4) is 0 Å². The fraction of sp³-hybridized carbons (Fsp3) is 0.312. The molecule has 2 aromatic rings. The molecule has 1 aromatic heterocycles. The molecule has 2 rings (SSSR count). The average molecular weight is 291 g/mol. The Hall–Kier alpha value is -1.58. The molecule has 0 unspecified atom stereocenters. The summed E-state index contributed by atoms with van der Waals surface area (Å²) in [5.74, 6) is 0.842. The van der Waals surface area contributed by atoms with Crippen LogP contribution in [0.4, 0.5) is 5.82 Å². The third-order valence-corrected chi connectivity index (χ3v) is 3.17. The van der Waals surface area contributed by atoms with Crippen LogP contribution in [-0.4, -0.2) is 11.5 Å². The Bertz CT molecular complexity index is 531. The molecule has 3 nitrogen and oxygen atoms in total. The second-order valence-corrected chi connectivity index (χ2v) is 4.94. The van der Waals surface area contributed by atoms with Crippen LogP contribution < -0.4 is 5.32 Å². The van der Waals surface area contributed by atoms with E-state index in [-0.39, 0.29) is 0 Å². The summed E-state index contributed by atoms with van der Waals surface area (Å²) in [6.45, 7) is 3.99. The molecule has 0 radical (unpaired) electrons. The lowest BCUT2D eigenvalue weighted by Crippen LogP contribution is -2.04. The van der Waals surface area contributed by atoms with Crippen molar-refractivity contribution in [3.8, 4) is 0 Å². The van der Waals surface area contributed by atoms with Gasteiger partial charge in [-0.05, 0) is 24.1 Å². The number of aromatic nitrogens is 1. The summed E-state index contributed by atoms with van der Waals surface area (Å²) >= 11 is 6.14. The van der Waals surface area contributed by atoms with E-state index in [9.17, 15) is 0 Å². The minimum Gasteiger partial charge on any atom is -0.370 e. The molecule has 20 heavy (non-hydrogen) atoms. The Morgan fingerprint density at radius 1 is 1.10 bits per heavy atom. The monoisotopic (exact) mass is 290 g/mol. The molecular formula is C16H19ClN2O. The largest absolute Gasteiger partial charge is 0.370 e. The van der Waals surface area contributed by atoms with Gasteiger partial charge in [-0.3, -0.25) is 0 Å². The quantitative estimate of drug-likeness (QED) is 0.827. The van der Waals surface area contributed by atoms with E-state index < -0.39 is 0 Å². The minimum atomic E-state index is 0.412. The van der Waals surface area contributed by atoms with Crippen LogP contribution in [0, 0.1) is 0 Å². The molecule has 0 fully saturated rings. The molecule has 0 aliphatic carbocycles. The van der Waals surface area contributed by atoms with Gasteiger partial charge in [-0.25, -0.2) is 4.98 Å². The number of pyridine rings is 1. The van der Waals surface area contributed by atoms with E-state index in [0.29, 0.717) is 18.2 Å². The standard InChI is InChI=1S/C16H19ClN2O/c1-2-10-18-16-9-8-14(17)15(19-16)12-20-11-13-6-4-3-5-7-13/h3-9H,2,10-12H2,1H3,(H,18,19). The summed E-state index contributed by atoms with van der Waals surface area (Å²) in [5.41, 5.74) is 1.91. The highest BCUT2D eigenvalue weighted by atomic mass is 35.5. The highest BCUT2D eigenvalue weighted by Gasteiger charge is 2.04. The first-order valence-electron chi connectivity index (χ1n) is 6.80. The molecule has 0 atom stereocenters. The van der Waals surface area contributed by atoms with Crippen LogP contribution in [0.2, 0.25) is 5.02 Å². The summed E-state index contributed by atoms with van der Waals surface area (Å²) in [5, 5.41) is 3.88. The van der Waals surface area contributed by atoms with E-state index in [4.69, 9.17) is 16.3 Å². The van der Waals surface area contributed by atoms with Crippen LogP contribution in [0.15, 0.2) is 42.5 Å². The van der Waals surface area contributed by atoms with Gasteiger partial charge >= 0.3 is 0 Å². The molecule has 106 valence electrons. The van der Waals surface area contributed by atoms with E-state index in [1.54, 1.807) is 0 Å². The first-order valence-corrected chi connectivity index (χ1v) is 7.18. The number of halogens is 1. The molecule has 1 N–H and O–H groups in total. The number of anilines is 1. The van der Waals surface area contributed by atoms with Crippen molar-refractivity contribution in [2.45, 2.75) is 26.6 Å². The third-order valence-electron chi connectivity index (χ3n) is 2.83. The van der Waals surface area contributed by atoms with Crippen molar-refractivity contribution in [3.05, 3.63) is 58.7 Å². The van der Waals surface area contributed by atoms with Gasteiger partial charge in [-0.15, -0.1) is 0 Å². The maximum atomic E-state index is 6.14. The molecule has 0 bridgehead atoms. The van der Waals surface area contributed by atoms with E-state index in [1.165, 1.54) is 0 Å². The lowest BCUT2D eigenvalue weighted by atomic mass is 10.2. The Morgan fingerprint density at radius 2 is 1.90 bits per heavy atom. The first-order chi connectivity index (χ1) is 9.79. The van der Waals surface area contributed by atoms with Gasteiger partial charge in [-0.1, -0.05) is 48.9 Å². The number of ether oxygens (including phenoxy) is 1. The zero-order chi connectivity index (χ0) is 14.2. The van der Waals surface area contributed by atoms with Crippen LogP contribution in [0.25, 0.3) is 0 Å². The number of hydrogen-bond acceptors (Lipinski definition) is 3. The summed E-state index contributed by atoms with van der Waals surface area (Å²) in [6.07, 6.45) is 1.06. The highest BCUT2D eigenvalue weighted by Crippen LogP contribution is 2.18. The Morgan fingerprint density at radius 3 is 2.65 bits per heavy atom. The predicted octanol–water partition coefficient (Wildman–Crippen LogP) is 4.27. The maximum Gasteiger partial charge on any atom is 0.126 e. The van der Waals surface area contributed by atoms with Gasteiger partial charge in [0, 0.05) is 6.54 Å². The first kappa shape index (κ1) is 14.8. The van der Waals surface area contributed by atoms with Crippen molar-refractivity contribution in [2.24, 2.45) is 0 Å². The number of nitrogens with zero attached hydrogens (tertiary/aromatic N) is 1.